The Morgan fingerprint density at radius 1 is 1.78 bits per heavy atom. The molecule has 1 heterocycles. The molecule has 2 nitrogen and oxygen atoms in total. The van der Waals surface area contributed by atoms with E-state index in [9.17, 15) is 0 Å². The number of aromatic nitrogens is 2. The summed E-state index contributed by atoms with van der Waals surface area (Å²) in [6.45, 7) is 5.18. The third-order valence-electron chi connectivity index (χ3n) is 0.936. The third kappa shape index (κ3) is 1.16. The molecule has 50 valence electrons. The van der Waals surface area contributed by atoms with Gasteiger partial charge in [0.1, 0.15) is 0 Å². The van der Waals surface area contributed by atoms with Crippen molar-refractivity contribution in [3.05, 3.63) is 24.5 Å². The van der Waals surface area contributed by atoms with Crippen LogP contribution in [0, 0.1) is 6.58 Å². The van der Waals surface area contributed by atoms with Crippen LogP contribution in [0.3, 0.4) is 0 Å². The van der Waals surface area contributed by atoms with E-state index in [-0.39, 0.29) is 0 Å². The average Bonchev–Trinajstić information content (AvgIpc) is 2.33. The van der Waals surface area contributed by atoms with Crippen molar-refractivity contribution in [2.24, 2.45) is 0 Å². The van der Waals surface area contributed by atoms with E-state index >= 15 is 0 Å². The van der Waals surface area contributed by atoms with Crippen LogP contribution in [0.4, 0.5) is 0 Å². The zero-order valence-corrected chi connectivity index (χ0v) is 5.59. The minimum atomic E-state index is 0.845. The van der Waals surface area contributed by atoms with Crippen LogP contribution in [-0.2, 0) is 15.0 Å². The molecule has 0 unspecified atom stereocenters. The first-order valence-electron chi connectivity index (χ1n) is 2.37. The molecule has 1 aromatic heterocycles. The predicted molar refractivity (Wildman–Crippen MR) is 32.5 cm³/mol. The Hall–Kier alpha value is -0.686. The maximum absolute atomic E-state index is 5.18. The molecule has 9 heavy (non-hydrogen) atoms. The maximum atomic E-state index is 5.18. The second-order valence-electron chi connectivity index (χ2n) is 1.44. The summed E-state index contributed by atoms with van der Waals surface area (Å²) in [6.07, 6.45) is 3.01. The van der Waals surface area contributed by atoms with Gasteiger partial charge in [-0.3, -0.25) is 0 Å². The molecule has 0 spiro atoms. The molecular formula is C6H5N2Ni-. The summed E-state index contributed by atoms with van der Waals surface area (Å²) in [7, 11) is 0. The SMILES string of the molecule is [CH-]=Cn1nccc1[CH]=[Ni]. The molecule has 1 aromatic rings. The molecule has 0 amide bonds. The minimum absolute atomic E-state index is 0.845. The fourth-order valence-corrected chi connectivity index (χ4v) is 0.747. The van der Waals surface area contributed by atoms with Gasteiger partial charge in [-0.2, -0.15) is 0 Å². The molecule has 0 saturated heterocycles. The van der Waals surface area contributed by atoms with E-state index in [1.807, 2.05) is 0 Å². The normalized spacial score (nSPS) is 9.11. The van der Waals surface area contributed by atoms with E-state index in [1.165, 1.54) is 10.9 Å². The standard InChI is InChI=1S/C6H5N2.Ni/c1-3-8-6(2)4-5-7-8;/h1-5H;/q-1;. The van der Waals surface area contributed by atoms with Gasteiger partial charge in [0, 0.05) is 0 Å². The molecule has 0 aliphatic heterocycles. The fraction of sp³-hybridized carbons (Fsp3) is 0. The Morgan fingerprint density at radius 2 is 2.56 bits per heavy atom. The van der Waals surface area contributed by atoms with Gasteiger partial charge in [0.05, 0.1) is 0 Å². The van der Waals surface area contributed by atoms with Gasteiger partial charge in [-0.25, -0.2) is 0 Å². The molecule has 0 aliphatic carbocycles. The van der Waals surface area contributed by atoms with Crippen molar-refractivity contribution < 1.29 is 15.0 Å². The second-order valence-corrected chi connectivity index (χ2v) is 1.73. The third-order valence-corrected chi connectivity index (χ3v) is 1.23. The molecule has 1 rings (SSSR count). The summed E-state index contributed by atoms with van der Waals surface area (Å²) < 4.78 is 1.52. The van der Waals surface area contributed by atoms with E-state index in [4.69, 9.17) is 6.58 Å². The molecule has 0 saturated carbocycles. The molecular weight excluding hydrogens is 159 g/mol. The van der Waals surface area contributed by atoms with Crippen LogP contribution in [0.5, 0.6) is 0 Å². The van der Waals surface area contributed by atoms with Crippen LogP contribution < -0.4 is 0 Å². The molecule has 3 heteroatoms. The summed E-state index contributed by atoms with van der Waals surface area (Å²) in [4.78, 5) is 1.57. The van der Waals surface area contributed by atoms with Crippen LogP contribution in [0.1, 0.15) is 5.69 Å². The fourth-order valence-electron chi connectivity index (χ4n) is 0.521. The first-order chi connectivity index (χ1) is 4.38. The summed E-state index contributed by atoms with van der Waals surface area (Å²) in [5.41, 5.74) is 0.845. The first-order valence-corrected chi connectivity index (χ1v) is 2.94. The van der Waals surface area contributed by atoms with E-state index in [1.54, 1.807) is 17.3 Å². The number of hydrogen-bond acceptors (Lipinski definition) is 1. The van der Waals surface area contributed by atoms with Crippen molar-refractivity contribution in [1.82, 2.24) is 9.78 Å². The van der Waals surface area contributed by atoms with E-state index in [0.717, 1.165) is 5.69 Å². The van der Waals surface area contributed by atoms with Crippen LogP contribution in [0.2, 0.25) is 0 Å². The quantitative estimate of drug-likeness (QED) is 0.459. The van der Waals surface area contributed by atoms with Gasteiger partial charge >= 0.3 is 60.5 Å². The summed E-state index contributed by atoms with van der Waals surface area (Å²) >= 11 is 4.39. The van der Waals surface area contributed by atoms with Gasteiger partial charge in [-0.15, -0.1) is 0 Å². The number of rotatable bonds is 2. The van der Waals surface area contributed by atoms with Crippen molar-refractivity contribution in [3.8, 4) is 0 Å². The van der Waals surface area contributed by atoms with Gasteiger partial charge in [0.2, 0.25) is 0 Å². The molecule has 0 aromatic carbocycles. The first kappa shape index (κ1) is 6.43. The van der Waals surface area contributed by atoms with E-state index in [0.29, 0.717) is 0 Å². The van der Waals surface area contributed by atoms with Crippen LogP contribution >= 0.6 is 0 Å². The molecule has 0 fully saturated rings. The Labute approximate surface area is 61.1 Å². The van der Waals surface area contributed by atoms with Gasteiger partial charge in [-0.05, 0) is 0 Å². The van der Waals surface area contributed by atoms with Crippen LogP contribution in [0.25, 0.3) is 6.20 Å². The van der Waals surface area contributed by atoms with Gasteiger partial charge in [-0.1, -0.05) is 0 Å². The zero-order chi connectivity index (χ0) is 6.69. The average molecular weight is 164 g/mol. The monoisotopic (exact) mass is 163 g/mol. The topological polar surface area (TPSA) is 17.8 Å². The Balaban J connectivity index is 3.12. The Morgan fingerprint density at radius 3 is 3.00 bits per heavy atom. The molecule has 0 atom stereocenters. The number of hydrogen-bond donors (Lipinski definition) is 0. The van der Waals surface area contributed by atoms with E-state index in [2.05, 4.69) is 20.1 Å². The summed E-state index contributed by atoms with van der Waals surface area (Å²) in [6, 6.07) is 1.80. The van der Waals surface area contributed by atoms with Crippen molar-refractivity contribution in [2.45, 2.75) is 0 Å². The van der Waals surface area contributed by atoms with Crippen LogP contribution in [0.15, 0.2) is 12.3 Å². The molecule has 0 radical (unpaired) electrons. The number of nitrogens with zero attached hydrogens (tertiary/aromatic N) is 2. The Bertz CT molecular complexity index is 204. The molecule has 0 aliphatic rings. The second kappa shape index (κ2) is 2.74. The van der Waals surface area contributed by atoms with Crippen LogP contribution in [-0.4, -0.2) is 14.8 Å². The van der Waals surface area contributed by atoms with Gasteiger partial charge < -0.3 is 0 Å². The van der Waals surface area contributed by atoms with Crippen molar-refractivity contribution in [2.75, 3.05) is 0 Å². The van der Waals surface area contributed by atoms with Gasteiger partial charge in [0.25, 0.3) is 0 Å². The van der Waals surface area contributed by atoms with Crippen molar-refractivity contribution in [3.63, 3.8) is 0 Å². The Kier molecular flexibility index (Phi) is 1.96. The summed E-state index contributed by atoms with van der Waals surface area (Å²) in [5, 5.41) is 3.85. The van der Waals surface area contributed by atoms with Gasteiger partial charge in [0.15, 0.2) is 0 Å². The predicted octanol–water partition coefficient (Wildman–Crippen LogP) is 0.484. The van der Waals surface area contributed by atoms with Crippen molar-refractivity contribution >= 4 is 11.2 Å². The zero-order valence-electron chi connectivity index (χ0n) is 4.60. The van der Waals surface area contributed by atoms with Crippen molar-refractivity contribution in [1.29, 1.82) is 0 Å². The summed E-state index contributed by atoms with van der Waals surface area (Å²) in [5.74, 6) is 0. The molecule has 0 N–H and O–H groups in total. The van der Waals surface area contributed by atoms with E-state index < -0.39 is 0 Å². The molecule has 0 bridgehead atoms.